The molecule has 4 aliphatic heterocycles. The highest BCUT2D eigenvalue weighted by molar-refractivity contribution is 8.00. The summed E-state index contributed by atoms with van der Waals surface area (Å²) in [5.41, 5.74) is 20.5. The highest BCUT2D eigenvalue weighted by atomic mass is 32.2. The molecule has 42 heteroatoms. The van der Waals surface area contributed by atoms with Crippen LogP contribution in [0.15, 0.2) is 85.2 Å². The van der Waals surface area contributed by atoms with Gasteiger partial charge in [-0.05, 0) is 112 Å². The molecule has 0 unspecified atom stereocenters. The Morgan fingerprint density at radius 1 is 0.480 bits per heavy atom. The fourth-order valence-electron chi connectivity index (χ4n) is 16.3. The van der Waals surface area contributed by atoms with Crippen molar-refractivity contribution in [2.45, 2.75) is 221 Å². The van der Waals surface area contributed by atoms with Crippen LogP contribution in [0.5, 0.6) is 5.75 Å². The highest BCUT2D eigenvalue weighted by Gasteiger charge is 2.47. The first-order chi connectivity index (χ1) is 60.6. The highest BCUT2D eigenvalue weighted by Crippen LogP contribution is 2.28. The van der Waals surface area contributed by atoms with E-state index in [1.165, 1.54) is 55.1 Å². The summed E-state index contributed by atoms with van der Waals surface area (Å²) < 4.78 is 0. The van der Waals surface area contributed by atoms with Crippen molar-refractivity contribution >= 4 is 140 Å². The minimum Gasteiger partial charge on any atom is -0.508 e. The molecule has 688 valence electrons. The number of aliphatic carboxylic acids is 2. The van der Waals surface area contributed by atoms with Gasteiger partial charge in [0.15, 0.2) is 0 Å². The number of nitrogens with zero attached hydrogens (tertiary/aromatic N) is 5. The lowest BCUT2D eigenvalue weighted by Gasteiger charge is -2.36. The number of aromatic nitrogens is 2. The fraction of sp³-hybridized carbons (Fsp3) is 0.529. The van der Waals surface area contributed by atoms with E-state index < -0.39 is 228 Å². The first-order valence-corrected chi connectivity index (χ1v) is 43.8. The van der Waals surface area contributed by atoms with Crippen molar-refractivity contribution in [2.75, 3.05) is 64.9 Å². The molecule has 9 rings (SSSR count). The molecule has 6 heterocycles. The fourth-order valence-corrected chi connectivity index (χ4v) is 17.1. The number of benzene rings is 3. The predicted octanol–water partition coefficient (Wildman–Crippen LogP) is -2.62. The normalized spacial score (nSPS) is 25.4. The molecule has 4 saturated heterocycles. The Morgan fingerprint density at radius 3 is 1.43 bits per heavy atom. The second-order valence-electron chi connectivity index (χ2n) is 32.3. The quantitative estimate of drug-likeness (QED) is 0.0337. The molecule has 127 heavy (non-hydrogen) atoms. The van der Waals surface area contributed by atoms with Gasteiger partial charge < -0.3 is 120 Å². The number of carbonyl (C=O) groups excluding carboxylic acids is 16. The van der Waals surface area contributed by atoms with Crippen molar-refractivity contribution in [3.05, 3.63) is 102 Å². The smallest absolute Gasteiger partial charge is 0.305 e. The van der Waals surface area contributed by atoms with Crippen LogP contribution in [0, 0.1) is 0 Å². The summed E-state index contributed by atoms with van der Waals surface area (Å²) in [7, 11) is 2.74. The Morgan fingerprint density at radius 2 is 0.921 bits per heavy atom. The van der Waals surface area contributed by atoms with E-state index in [-0.39, 0.29) is 109 Å². The number of rotatable bonds is 22. The number of fused-ring (bicyclic) bond motifs is 5. The first kappa shape index (κ1) is 98.1. The largest absolute Gasteiger partial charge is 0.508 e. The summed E-state index contributed by atoms with van der Waals surface area (Å²) in [6.07, 6.45) is 2.36. The average molecular weight is 1790 g/mol. The van der Waals surface area contributed by atoms with Gasteiger partial charge in [0.05, 0.1) is 25.1 Å². The lowest BCUT2D eigenvalue weighted by Crippen LogP contribution is -2.62. The number of thioether (sulfide) groups is 1. The molecule has 0 spiro atoms. The minimum atomic E-state index is -1.94. The number of phenolic OH excluding ortho intramolecular Hbond substituents is 1. The summed E-state index contributed by atoms with van der Waals surface area (Å²) in [6.45, 7) is 2.96. The molecular formula is C85H116N20O21S. The summed E-state index contributed by atoms with van der Waals surface area (Å²) >= 11 is 0.784. The van der Waals surface area contributed by atoms with Gasteiger partial charge in [-0.15, -0.1) is 11.8 Å². The molecule has 14 atom stereocenters. The van der Waals surface area contributed by atoms with E-state index in [2.05, 4.69) is 63.1 Å². The number of nitrogens with two attached hydrogens (primary N) is 3. The van der Waals surface area contributed by atoms with Gasteiger partial charge in [-0.25, -0.2) is 0 Å². The molecule has 0 saturated carbocycles. The topological polar surface area (TPSA) is 614 Å². The Bertz CT molecular complexity index is 4850. The monoisotopic (exact) mass is 1780 g/mol. The standard InChI is InChI=1S/C85H116N20O21S/c1-6-8-21-63-77(118)92-46(3)72(113)100-62(73(114)91-43-68(88)107)44-127-45-69(108)93-57(35-47-26-28-50(106)29-27-47)82(123)103-32-15-24-65(103)79(120)98-60(39-71(111)112)84(125)105-34-16-25-66(105)80(121)99-61(40-87)76(117)97-59(38-70(109)110)83(124)104-33-14-23-64(104)78(119)95-56(36-48-41-89-53-19-12-10-17-51(48)53)75(116)94-55(30-31-86)74(115)96-58(37-49-42-90-54-20-13-11-18-52(49)54)81(122)102(5)67(22-9-7-2)85(126)101(63)4/h10-13,17-20,26-29,41-42,46,55-67,89-90,106H,6-9,14-16,21-25,30-40,43-45,86-87H2,1-5H3,(H2,88,107)(H,91,114)(H,92,118)(H,93,108)(H,94,116)(H,95,119)(H,96,115)(H,97,117)(H,98,120)(H,99,121)(H,100,113)(H,109,110)(H,111,112)/t46-,55-,56-,57-,58-,59-,60-,61-,62-,63-,64-,65-,66-,67-/m0/s1. The molecule has 0 bridgehead atoms. The van der Waals surface area contributed by atoms with Crippen molar-refractivity contribution in [3.8, 4) is 5.75 Å². The number of H-pyrrole nitrogens is 2. The lowest BCUT2D eigenvalue weighted by atomic mass is 10.00. The maximum atomic E-state index is 15.7. The maximum Gasteiger partial charge on any atom is 0.305 e. The maximum absolute atomic E-state index is 15.7. The van der Waals surface area contributed by atoms with Crippen LogP contribution in [0.25, 0.3) is 21.8 Å². The van der Waals surface area contributed by atoms with Crippen LogP contribution in [-0.4, -0.2) is 306 Å². The Kier molecular flexibility index (Phi) is 35.9. The van der Waals surface area contributed by atoms with Crippen molar-refractivity contribution < 1.29 is 102 Å². The molecule has 16 amide bonds. The molecule has 4 fully saturated rings. The lowest BCUT2D eigenvalue weighted by molar-refractivity contribution is -0.149. The van der Waals surface area contributed by atoms with Crippen molar-refractivity contribution in [1.29, 1.82) is 0 Å². The van der Waals surface area contributed by atoms with Gasteiger partial charge >= 0.3 is 11.9 Å². The number of nitrogens with one attached hydrogen (secondary N) is 12. The van der Waals surface area contributed by atoms with Gasteiger partial charge in [0.1, 0.15) is 90.3 Å². The molecule has 41 nitrogen and oxygen atoms in total. The van der Waals surface area contributed by atoms with Crippen LogP contribution in [0.3, 0.4) is 0 Å². The van der Waals surface area contributed by atoms with Crippen LogP contribution in [-0.2, 0) is 106 Å². The number of hydrogen-bond acceptors (Lipinski definition) is 22. The number of carboxylic acid groups (broad SMARTS) is 2. The van der Waals surface area contributed by atoms with Gasteiger partial charge in [0.25, 0.3) is 0 Å². The Hall–Kier alpha value is -12.7. The number of aromatic amines is 2. The van der Waals surface area contributed by atoms with Crippen LogP contribution >= 0.6 is 11.8 Å². The first-order valence-electron chi connectivity index (χ1n) is 42.7. The molecule has 4 aliphatic rings. The molecule has 0 radical (unpaired) electrons. The molecule has 3 aromatic carbocycles. The Labute approximate surface area is 736 Å². The number of hydrogen-bond donors (Lipinski definition) is 18. The van der Waals surface area contributed by atoms with Crippen molar-refractivity contribution in [1.82, 2.24) is 87.6 Å². The third-order valence-corrected chi connectivity index (χ3v) is 24.2. The second kappa shape index (κ2) is 46.5. The Balaban J connectivity index is 1.06. The van der Waals surface area contributed by atoms with E-state index in [1.807, 2.05) is 13.8 Å². The average Bonchev–Trinajstić information content (AvgIpc) is 1.71. The van der Waals surface area contributed by atoms with Crippen molar-refractivity contribution in [3.63, 3.8) is 0 Å². The molecular weight excluding hydrogens is 1670 g/mol. The number of primary amides is 1. The van der Waals surface area contributed by atoms with E-state index in [1.54, 1.807) is 60.9 Å². The number of unbranched alkanes of at least 4 members (excludes halogenated alkanes) is 2. The number of amides is 16. The third kappa shape index (κ3) is 26.2. The number of aromatic hydroxyl groups is 1. The number of phenols is 1. The number of carbonyl (C=O) groups is 18. The summed E-state index contributed by atoms with van der Waals surface area (Å²) in [6, 6.07) is -1.80. The van der Waals surface area contributed by atoms with Gasteiger partial charge in [-0.3, -0.25) is 86.3 Å². The minimum absolute atomic E-state index is 0.0303. The van der Waals surface area contributed by atoms with E-state index in [0.717, 1.165) is 26.5 Å². The summed E-state index contributed by atoms with van der Waals surface area (Å²) in [5.74, 6) is -19.1. The van der Waals surface area contributed by atoms with E-state index in [0.29, 0.717) is 64.2 Å². The van der Waals surface area contributed by atoms with Gasteiger partial charge in [0.2, 0.25) is 94.5 Å². The van der Waals surface area contributed by atoms with Gasteiger partial charge in [-0.2, -0.15) is 0 Å². The number of likely N-dealkylation sites (N-methyl/N-ethyl adjacent to an activating group) is 2. The zero-order valence-electron chi connectivity index (χ0n) is 71.6. The van der Waals surface area contributed by atoms with E-state index in [4.69, 9.17) is 17.2 Å². The summed E-state index contributed by atoms with van der Waals surface area (Å²) in [5, 5.41) is 57.8. The molecule has 21 N–H and O–H groups in total. The number of carboxylic acids is 2. The molecule has 5 aromatic rings. The van der Waals surface area contributed by atoms with Crippen molar-refractivity contribution in [2.24, 2.45) is 17.2 Å². The van der Waals surface area contributed by atoms with E-state index in [9.17, 15) is 77.6 Å². The second-order valence-corrected chi connectivity index (χ2v) is 33.3. The zero-order chi connectivity index (χ0) is 92.5. The number of para-hydroxylation sites is 2. The SMILES string of the molecule is CCCC[C@H]1C(=O)N(C)[C@@H](CCCC)C(=O)N[C@@H](C)C(=O)N[C@H](C(=O)NCC(N)=O)CSCC(=O)N[C@@H](Cc2ccc(O)cc2)C(=O)N2CCC[C@H]2C(=O)N[C@@H](CC(=O)O)C(=O)N2CCC[C@H]2C(=O)N[C@@H](CN)C(=O)N[C@@H](CC(=O)O)C(=O)N2CCC[C@H]2C(=O)N[C@@H](Cc2c[nH]c3ccccc23)C(=O)N[C@@H](CCN)C(=O)N[C@@H](Cc2c[nH]c3ccccc23)C(=O)N1C. The van der Waals surface area contributed by atoms with Crippen LogP contribution in [0.4, 0.5) is 0 Å². The molecule has 0 aliphatic carbocycles. The van der Waals surface area contributed by atoms with Gasteiger partial charge in [-0.1, -0.05) is 88.1 Å². The third-order valence-electron chi connectivity index (χ3n) is 23.1. The van der Waals surface area contributed by atoms with Crippen LogP contribution in [0.2, 0.25) is 0 Å². The van der Waals surface area contributed by atoms with Gasteiger partial charge in [0, 0.05) is 99.5 Å². The van der Waals surface area contributed by atoms with Crippen LogP contribution < -0.4 is 70.4 Å². The van der Waals surface area contributed by atoms with Crippen LogP contribution in [0.1, 0.15) is 134 Å². The predicted molar refractivity (Wildman–Crippen MR) is 462 cm³/mol. The molecule has 2 aromatic heterocycles. The summed E-state index contributed by atoms with van der Waals surface area (Å²) in [4.78, 5) is 271. The zero-order valence-corrected chi connectivity index (χ0v) is 72.4. The van der Waals surface area contributed by atoms with E-state index >= 15 is 24.0 Å².